The number of para-hydroxylation sites is 2. The van der Waals surface area contributed by atoms with Crippen molar-refractivity contribution in [1.82, 2.24) is 14.9 Å². The van der Waals surface area contributed by atoms with Crippen LogP contribution < -0.4 is 15.8 Å². The van der Waals surface area contributed by atoms with E-state index in [1.807, 2.05) is 13.8 Å². The van der Waals surface area contributed by atoms with Gasteiger partial charge in [-0.05, 0) is 30.5 Å². The first-order valence-corrected chi connectivity index (χ1v) is 11.7. The number of rotatable bonds is 6. The van der Waals surface area contributed by atoms with E-state index in [0.29, 0.717) is 28.6 Å². The SMILES string of the molecule is COC(=O)C(CC1(O)c2ccccc2N2C(=O)C(CC(C)C)NC21)n1cnc2ccccc2c1=O. The summed E-state index contributed by atoms with van der Waals surface area (Å²) in [5, 5.41) is 15.8. The van der Waals surface area contributed by atoms with Crippen LogP contribution in [0, 0.1) is 5.92 Å². The Morgan fingerprint density at radius 2 is 1.89 bits per heavy atom. The van der Waals surface area contributed by atoms with Crippen LogP contribution in [-0.4, -0.2) is 45.9 Å². The third-order valence-corrected chi connectivity index (χ3v) is 6.95. The molecule has 0 saturated carbocycles. The van der Waals surface area contributed by atoms with Gasteiger partial charge in [-0.15, -0.1) is 0 Å². The van der Waals surface area contributed by atoms with E-state index in [0.717, 1.165) is 0 Å². The summed E-state index contributed by atoms with van der Waals surface area (Å²) >= 11 is 0. The Morgan fingerprint density at radius 1 is 1.17 bits per heavy atom. The molecule has 0 spiro atoms. The van der Waals surface area contributed by atoms with Crippen molar-refractivity contribution in [3.05, 3.63) is 70.8 Å². The lowest BCUT2D eigenvalue weighted by molar-refractivity contribution is -0.147. The van der Waals surface area contributed by atoms with Crippen LogP contribution in [0.4, 0.5) is 5.69 Å². The Kier molecular flexibility index (Phi) is 5.69. The van der Waals surface area contributed by atoms with E-state index in [9.17, 15) is 19.5 Å². The topological polar surface area (TPSA) is 114 Å². The number of nitrogens with one attached hydrogen (secondary N) is 1. The molecule has 2 N–H and O–H groups in total. The second-order valence-corrected chi connectivity index (χ2v) is 9.62. The summed E-state index contributed by atoms with van der Waals surface area (Å²) in [6.45, 7) is 4.07. The van der Waals surface area contributed by atoms with Gasteiger partial charge in [-0.1, -0.05) is 44.2 Å². The lowest BCUT2D eigenvalue weighted by atomic mass is 9.86. The number of carbonyl (C=O) groups excluding carboxylic acids is 2. The quantitative estimate of drug-likeness (QED) is 0.524. The molecule has 4 atom stereocenters. The summed E-state index contributed by atoms with van der Waals surface area (Å²) in [5.74, 6) is -0.535. The number of hydrogen-bond acceptors (Lipinski definition) is 7. The summed E-state index contributed by atoms with van der Waals surface area (Å²) in [4.78, 5) is 45.5. The van der Waals surface area contributed by atoms with E-state index in [2.05, 4.69) is 10.3 Å². The standard InChI is InChI=1S/C26H28N4O5/c1-15(2)12-19-23(32)30-20-11-7-5-9-17(20)26(34,25(30)28-19)13-21(24(33)35-3)29-14-27-18-10-6-4-8-16(18)22(29)31/h4-11,14-15,19,21,25,28,34H,12-13H2,1-3H3. The van der Waals surface area contributed by atoms with Crippen LogP contribution in [0.3, 0.4) is 0 Å². The first-order valence-electron chi connectivity index (χ1n) is 11.7. The van der Waals surface area contributed by atoms with Gasteiger partial charge in [-0.25, -0.2) is 9.78 Å². The van der Waals surface area contributed by atoms with Crippen LogP contribution in [-0.2, 0) is 19.9 Å². The largest absolute Gasteiger partial charge is 0.467 e. The van der Waals surface area contributed by atoms with Gasteiger partial charge in [-0.3, -0.25) is 24.4 Å². The zero-order valence-corrected chi connectivity index (χ0v) is 19.8. The van der Waals surface area contributed by atoms with Crippen molar-refractivity contribution in [2.45, 2.75) is 50.5 Å². The van der Waals surface area contributed by atoms with Crippen molar-refractivity contribution in [3.8, 4) is 0 Å². The number of hydrogen-bond donors (Lipinski definition) is 2. The molecule has 3 heterocycles. The molecule has 1 aromatic heterocycles. The Labute approximate surface area is 202 Å². The van der Waals surface area contributed by atoms with Gasteiger partial charge in [0.15, 0.2) is 0 Å². The molecular formula is C26H28N4O5. The van der Waals surface area contributed by atoms with Gasteiger partial charge >= 0.3 is 5.97 Å². The Hall–Kier alpha value is -3.56. The van der Waals surface area contributed by atoms with Crippen molar-refractivity contribution < 1.29 is 19.4 Å². The fourth-order valence-electron chi connectivity index (χ4n) is 5.33. The molecule has 4 unspecified atom stereocenters. The van der Waals surface area contributed by atoms with Gasteiger partial charge in [0.05, 0.1) is 36.1 Å². The maximum Gasteiger partial charge on any atom is 0.329 e. The second-order valence-electron chi connectivity index (χ2n) is 9.62. The summed E-state index contributed by atoms with van der Waals surface area (Å²) in [6, 6.07) is 12.4. The molecule has 9 heteroatoms. The van der Waals surface area contributed by atoms with Gasteiger partial charge in [-0.2, -0.15) is 0 Å². The number of carbonyl (C=O) groups is 2. The molecule has 0 aliphatic carbocycles. The maximum absolute atomic E-state index is 13.3. The Morgan fingerprint density at radius 3 is 2.63 bits per heavy atom. The van der Waals surface area contributed by atoms with Crippen LogP contribution in [0.5, 0.6) is 0 Å². The second kappa shape index (κ2) is 8.58. The third kappa shape index (κ3) is 3.62. The van der Waals surface area contributed by atoms with E-state index in [1.165, 1.54) is 18.0 Å². The maximum atomic E-state index is 13.3. The average molecular weight is 477 g/mol. The third-order valence-electron chi connectivity index (χ3n) is 6.95. The van der Waals surface area contributed by atoms with E-state index in [1.54, 1.807) is 53.4 Å². The highest BCUT2D eigenvalue weighted by molar-refractivity contribution is 6.02. The smallest absolute Gasteiger partial charge is 0.329 e. The first-order chi connectivity index (χ1) is 16.8. The molecule has 1 saturated heterocycles. The van der Waals surface area contributed by atoms with Crippen LogP contribution in [0.15, 0.2) is 59.7 Å². The average Bonchev–Trinajstić information content (AvgIpc) is 3.30. The number of fused-ring (bicyclic) bond motifs is 4. The van der Waals surface area contributed by atoms with Crippen molar-refractivity contribution in [1.29, 1.82) is 0 Å². The molecule has 1 amide bonds. The minimum Gasteiger partial charge on any atom is -0.467 e. The lowest BCUT2D eigenvalue weighted by Crippen LogP contribution is -2.51. The van der Waals surface area contributed by atoms with Gasteiger partial charge in [0.25, 0.3) is 5.56 Å². The number of anilines is 1. The predicted molar refractivity (Wildman–Crippen MR) is 130 cm³/mol. The van der Waals surface area contributed by atoms with Crippen molar-refractivity contribution in [3.63, 3.8) is 0 Å². The van der Waals surface area contributed by atoms with Crippen molar-refractivity contribution >= 4 is 28.5 Å². The number of aromatic nitrogens is 2. The number of aliphatic hydroxyl groups is 1. The Balaban J connectivity index is 1.61. The van der Waals surface area contributed by atoms with Crippen LogP contribution in [0.25, 0.3) is 10.9 Å². The number of esters is 1. The van der Waals surface area contributed by atoms with Gasteiger partial charge in [0.1, 0.15) is 17.8 Å². The zero-order chi connectivity index (χ0) is 24.9. The molecule has 9 nitrogen and oxygen atoms in total. The van der Waals surface area contributed by atoms with Crippen molar-refractivity contribution in [2.24, 2.45) is 5.92 Å². The molecule has 0 radical (unpaired) electrons. The highest BCUT2D eigenvalue weighted by atomic mass is 16.5. The molecule has 5 rings (SSSR count). The molecule has 1 fully saturated rings. The normalized spacial score (nSPS) is 24.0. The number of benzene rings is 2. The first kappa shape index (κ1) is 23.2. The highest BCUT2D eigenvalue weighted by Crippen LogP contribution is 2.49. The molecule has 2 aliphatic heterocycles. The predicted octanol–water partition coefficient (Wildman–Crippen LogP) is 2.08. The van der Waals surface area contributed by atoms with Gasteiger partial charge in [0, 0.05) is 12.0 Å². The molecule has 3 aromatic rings. The number of amides is 1. The molecule has 35 heavy (non-hydrogen) atoms. The fourth-order valence-corrected chi connectivity index (χ4v) is 5.33. The summed E-state index contributed by atoms with van der Waals surface area (Å²) < 4.78 is 6.25. The zero-order valence-electron chi connectivity index (χ0n) is 19.8. The van der Waals surface area contributed by atoms with E-state index in [-0.39, 0.29) is 18.2 Å². The fraction of sp³-hybridized carbons (Fsp3) is 0.385. The van der Waals surface area contributed by atoms with E-state index >= 15 is 0 Å². The minimum absolute atomic E-state index is 0.119. The monoisotopic (exact) mass is 476 g/mol. The van der Waals surface area contributed by atoms with Crippen molar-refractivity contribution in [2.75, 3.05) is 12.0 Å². The van der Waals surface area contributed by atoms with Gasteiger partial charge < -0.3 is 9.84 Å². The number of methoxy groups -OCH3 is 1. The van der Waals surface area contributed by atoms with Gasteiger partial charge in [0.2, 0.25) is 5.91 Å². The summed E-state index contributed by atoms with van der Waals surface area (Å²) in [5.41, 5.74) is -0.443. The van der Waals surface area contributed by atoms with E-state index < -0.39 is 35.4 Å². The minimum atomic E-state index is -1.65. The number of nitrogens with zero attached hydrogens (tertiary/aromatic N) is 3. The number of ether oxygens (including phenoxy) is 1. The van der Waals surface area contributed by atoms with Crippen LogP contribution in [0.2, 0.25) is 0 Å². The lowest BCUT2D eigenvalue weighted by Gasteiger charge is -2.33. The molecule has 2 aliphatic rings. The summed E-state index contributed by atoms with van der Waals surface area (Å²) in [6.07, 6.45) is 0.945. The van der Waals surface area contributed by atoms with Crippen LogP contribution in [0.1, 0.15) is 38.3 Å². The van der Waals surface area contributed by atoms with Crippen LogP contribution >= 0.6 is 0 Å². The molecule has 2 aromatic carbocycles. The summed E-state index contributed by atoms with van der Waals surface area (Å²) in [7, 11) is 1.24. The van der Waals surface area contributed by atoms with E-state index in [4.69, 9.17) is 4.74 Å². The molecule has 0 bridgehead atoms. The highest BCUT2D eigenvalue weighted by Gasteiger charge is 2.58. The molecule has 182 valence electrons. The Bertz CT molecular complexity index is 1370. The molecular weight excluding hydrogens is 448 g/mol.